The van der Waals surface area contributed by atoms with E-state index >= 15 is 0 Å². The Hall–Kier alpha value is -1.05. The Bertz CT molecular complexity index is 241. The standard InChI is InChI=1S/C16H28O2/c1-2-3-4-5-6-7-8-9-10-11-12-13-14-15-16(17)18/h2-3,13-14H,4-12,15H2,1H3,(H,17,18)/b3-2?,14-13+. The Balaban J connectivity index is 3.07. The van der Waals surface area contributed by atoms with Gasteiger partial charge in [-0.25, -0.2) is 0 Å². The fraction of sp³-hybridized carbons (Fsp3) is 0.688. The summed E-state index contributed by atoms with van der Waals surface area (Å²) in [6.07, 6.45) is 19.7. The second kappa shape index (κ2) is 14.0. The van der Waals surface area contributed by atoms with Gasteiger partial charge in [0, 0.05) is 0 Å². The summed E-state index contributed by atoms with van der Waals surface area (Å²) in [5, 5.41) is 8.44. The Morgan fingerprint density at radius 3 is 1.83 bits per heavy atom. The van der Waals surface area contributed by atoms with Gasteiger partial charge in [-0.2, -0.15) is 0 Å². The first-order valence-corrected chi connectivity index (χ1v) is 7.25. The summed E-state index contributed by atoms with van der Waals surface area (Å²) in [4.78, 5) is 10.2. The number of aliphatic carboxylic acids is 1. The Kier molecular flexibility index (Phi) is 13.2. The first kappa shape index (κ1) is 16.9. The normalized spacial score (nSPS) is 11.6. The zero-order chi connectivity index (χ0) is 13.5. The maximum absolute atomic E-state index is 10.2. The molecule has 2 heteroatoms. The van der Waals surface area contributed by atoms with Crippen molar-refractivity contribution in [1.29, 1.82) is 0 Å². The Morgan fingerprint density at radius 2 is 1.33 bits per heavy atom. The minimum Gasteiger partial charge on any atom is -0.481 e. The zero-order valence-electron chi connectivity index (χ0n) is 11.7. The minimum absolute atomic E-state index is 0.159. The fourth-order valence-electron chi connectivity index (χ4n) is 1.88. The molecule has 0 heterocycles. The van der Waals surface area contributed by atoms with Gasteiger partial charge in [0.25, 0.3) is 0 Å². The number of allylic oxidation sites excluding steroid dienone is 3. The molecule has 0 aromatic heterocycles. The molecular weight excluding hydrogens is 224 g/mol. The molecule has 0 amide bonds. The van der Waals surface area contributed by atoms with Crippen LogP contribution in [0.25, 0.3) is 0 Å². The van der Waals surface area contributed by atoms with Crippen molar-refractivity contribution in [2.45, 2.75) is 71.1 Å². The summed E-state index contributed by atoms with van der Waals surface area (Å²) in [5.41, 5.74) is 0. The van der Waals surface area contributed by atoms with E-state index in [-0.39, 0.29) is 6.42 Å². The summed E-state index contributed by atoms with van der Waals surface area (Å²) in [6, 6.07) is 0. The van der Waals surface area contributed by atoms with E-state index in [4.69, 9.17) is 5.11 Å². The van der Waals surface area contributed by atoms with Crippen molar-refractivity contribution in [3.05, 3.63) is 24.3 Å². The van der Waals surface area contributed by atoms with Crippen molar-refractivity contribution in [2.75, 3.05) is 0 Å². The molecule has 104 valence electrons. The number of hydrogen-bond acceptors (Lipinski definition) is 1. The lowest BCUT2D eigenvalue weighted by Gasteiger charge is -2.00. The summed E-state index contributed by atoms with van der Waals surface area (Å²) in [5.74, 6) is -0.746. The highest BCUT2D eigenvalue weighted by Crippen LogP contribution is 2.10. The molecule has 0 radical (unpaired) electrons. The Morgan fingerprint density at radius 1 is 0.833 bits per heavy atom. The highest BCUT2D eigenvalue weighted by molar-refractivity contribution is 5.68. The third-order valence-corrected chi connectivity index (χ3v) is 2.94. The van der Waals surface area contributed by atoms with Gasteiger partial charge in [0.2, 0.25) is 0 Å². The van der Waals surface area contributed by atoms with Gasteiger partial charge in [-0.3, -0.25) is 4.79 Å². The monoisotopic (exact) mass is 252 g/mol. The second-order valence-corrected chi connectivity index (χ2v) is 4.69. The molecule has 0 rings (SSSR count). The highest BCUT2D eigenvalue weighted by atomic mass is 16.4. The van der Waals surface area contributed by atoms with Crippen LogP contribution in [0, 0.1) is 0 Å². The van der Waals surface area contributed by atoms with Gasteiger partial charge in [0.15, 0.2) is 0 Å². The van der Waals surface area contributed by atoms with Gasteiger partial charge >= 0.3 is 5.97 Å². The molecule has 0 aliphatic rings. The van der Waals surface area contributed by atoms with E-state index < -0.39 is 5.97 Å². The maximum Gasteiger partial charge on any atom is 0.307 e. The quantitative estimate of drug-likeness (QED) is 0.387. The summed E-state index contributed by atoms with van der Waals surface area (Å²) < 4.78 is 0. The van der Waals surface area contributed by atoms with E-state index in [2.05, 4.69) is 19.1 Å². The third kappa shape index (κ3) is 14.9. The second-order valence-electron chi connectivity index (χ2n) is 4.69. The molecule has 0 saturated heterocycles. The molecule has 0 unspecified atom stereocenters. The SMILES string of the molecule is CC=CCCCCCCCCC/C=C/CC(=O)O. The van der Waals surface area contributed by atoms with E-state index in [9.17, 15) is 4.79 Å². The number of rotatable bonds is 12. The van der Waals surface area contributed by atoms with Crippen LogP contribution in [-0.4, -0.2) is 11.1 Å². The van der Waals surface area contributed by atoms with Gasteiger partial charge < -0.3 is 5.11 Å². The van der Waals surface area contributed by atoms with Crippen molar-refractivity contribution in [3.8, 4) is 0 Å². The van der Waals surface area contributed by atoms with E-state index in [1.165, 1.54) is 51.4 Å². The van der Waals surface area contributed by atoms with Crippen LogP contribution >= 0.6 is 0 Å². The lowest BCUT2D eigenvalue weighted by molar-refractivity contribution is -0.136. The van der Waals surface area contributed by atoms with Crippen LogP contribution in [0.1, 0.15) is 71.1 Å². The van der Waals surface area contributed by atoms with Crippen LogP contribution in [0.4, 0.5) is 0 Å². The summed E-state index contributed by atoms with van der Waals surface area (Å²) in [7, 11) is 0. The molecule has 0 aromatic carbocycles. The number of carbonyl (C=O) groups is 1. The highest BCUT2D eigenvalue weighted by Gasteiger charge is 1.91. The number of carboxylic acids is 1. The van der Waals surface area contributed by atoms with Crippen molar-refractivity contribution in [1.82, 2.24) is 0 Å². The van der Waals surface area contributed by atoms with E-state index in [1.54, 1.807) is 6.08 Å². The van der Waals surface area contributed by atoms with Crippen molar-refractivity contribution < 1.29 is 9.90 Å². The lowest BCUT2D eigenvalue weighted by Crippen LogP contribution is -1.89. The molecule has 0 aliphatic heterocycles. The largest absolute Gasteiger partial charge is 0.481 e. The molecule has 0 saturated carbocycles. The van der Waals surface area contributed by atoms with Crippen LogP contribution in [0.15, 0.2) is 24.3 Å². The van der Waals surface area contributed by atoms with Crippen LogP contribution < -0.4 is 0 Å². The fourth-order valence-corrected chi connectivity index (χ4v) is 1.88. The van der Waals surface area contributed by atoms with E-state index in [1.807, 2.05) is 6.08 Å². The lowest BCUT2D eigenvalue weighted by atomic mass is 10.1. The number of hydrogen-bond donors (Lipinski definition) is 1. The molecule has 2 nitrogen and oxygen atoms in total. The van der Waals surface area contributed by atoms with Crippen molar-refractivity contribution in [2.24, 2.45) is 0 Å². The van der Waals surface area contributed by atoms with Gasteiger partial charge in [-0.1, -0.05) is 56.4 Å². The van der Waals surface area contributed by atoms with Crippen molar-refractivity contribution >= 4 is 5.97 Å². The van der Waals surface area contributed by atoms with Gasteiger partial charge in [0.05, 0.1) is 6.42 Å². The molecule has 0 atom stereocenters. The van der Waals surface area contributed by atoms with E-state index in [0.717, 1.165) is 6.42 Å². The number of unbranched alkanes of at least 4 members (excludes halogenated alkanes) is 8. The topological polar surface area (TPSA) is 37.3 Å². The first-order valence-electron chi connectivity index (χ1n) is 7.25. The van der Waals surface area contributed by atoms with E-state index in [0.29, 0.717) is 0 Å². The molecule has 0 aliphatic carbocycles. The van der Waals surface area contributed by atoms with Gasteiger partial charge in [-0.05, 0) is 32.6 Å². The summed E-state index contributed by atoms with van der Waals surface area (Å²) >= 11 is 0. The molecule has 0 fully saturated rings. The first-order chi connectivity index (χ1) is 8.77. The van der Waals surface area contributed by atoms with Gasteiger partial charge in [0.1, 0.15) is 0 Å². The number of carboxylic acid groups (broad SMARTS) is 1. The van der Waals surface area contributed by atoms with Gasteiger partial charge in [-0.15, -0.1) is 0 Å². The van der Waals surface area contributed by atoms with Crippen LogP contribution in [0.2, 0.25) is 0 Å². The average Bonchev–Trinajstić information content (AvgIpc) is 2.34. The Labute approximate surface area is 112 Å². The molecule has 0 aromatic rings. The zero-order valence-corrected chi connectivity index (χ0v) is 11.7. The molecule has 0 bridgehead atoms. The van der Waals surface area contributed by atoms with Crippen molar-refractivity contribution in [3.63, 3.8) is 0 Å². The minimum atomic E-state index is -0.746. The van der Waals surface area contributed by atoms with Crippen LogP contribution in [-0.2, 0) is 4.79 Å². The van der Waals surface area contributed by atoms with Crippen LogP contribution in [0.5, 0.6) is 0 Å². The maximum atomic E-state index is 10.2. The summed E-state index contributed by atoms with van der Waals surface area (Å²) in [6.45, 7) is 2.07. The molecular formula is C16H28O2. The molecule has 0 spiro atoms. The third-order valence-electron chi connectivity index (χ3n) is 2.94. The average molecular weight is 252 g/mol. The molecule has 1 N–H and O–H groups in total. The molecule has 18 heavy (non-hydrogen) atoms. The van der Waals surface area contributed by atoms with Crippen LogP contribution in [0.3, 0.4) is 0 Å². The smallest absolute Gasteiger partial charge is 0.307 e. The predicted molar refractivity (Wildman–Crippen MR) is 77.8 cm³/mol. The predicted octanol–water partition coefficient (Wildman–Crippen LogP) is 5.10.